The van der Waals surface area contributed by atoms with E-state index >= 15 is 0 Å². The maximum Gasteiger partial charge on any atom is 0.218 e. The lowest BCUT2D eigenvalue weighted by Gasteiger charge is -2.16. The second kappa shape index (κ2) is 11.8. The van der Waals surface area contributed by atoms with Gasteiger partial charge >= 0.3 is 0 Å². The van der Waals surface area contributed by atoms with Crippen molar-refractivity contribution < 1.29 is 4.74 Å². The van der Waals surface area contributed by atoms with Gasteiger partial charge in [0.15, 0.2) is 5.96 Å². The quantitative estimate of drug-likeness (QED) is 0.290. The highest BCUT2D eigenvalue weighted by molar-refractivity contribution is 14.0. The normalized spacial score (nSPS) is 15.1. The number of aliphatic imine (C=N–C) groups is 1. The molecule has 2 rings (SSSR count). The molecule has 1 heterocycles. The standard InChI is InChI=1S/C16H26N4OS.HI/c1-17-16(19-10-11-22-2)20-12-13-6-5-9-18-15(13)21-14-7-3-4-8-14;/h5-6,9,14H,3-4,7-8,10-12H2,1-2H3,(H2,17,19,20);1H. The molecule has 5 nitrogen and oxygen atoms in total. The molecule has 0 atom stereocenters. The molecule has 0 aliphatic heterocycles. The number of nitrogens with one attached hydrogen (secondary N) is 2. The molecule has 2 N–H and O–H groups in total. The molecule has 0 spiro atoms. The molecule has 0 unspecified atom stereocenters. The topological polar surface area (TPSA) is 58.5 Å². The van der Waals surface area contributed by atoms with E-state index in [9.17, 15) is 0 Å². The van der Waals surface area contributed by atoms with Crippen molar-refractivity contribution in [2.24, 2.45) is 4.99 Å². The van der Waals surface area contributed by atoms with Gasteiger partial charge in [0, 0.05) is 37.7 Å². The minimum Gasteiger partial charge on any atom is -0.474 e. The molecular formula is C16H27IN4OS. The van der Waals surface area contributed by atoms with Gasteiger partial charge in [0.2, 0.25) is 5.88 Å². The Hall–Kier alpha value is -0.700. The van der Waals surface area contributed by atoms with Gasteiger partial charge in [0.1, 0.15) is 6.10 Å². The molecule has 1 saturated carbocycles. The van der Waals surface area contributed by atoms with Gasteiger partial charge in [-0.05, 0) is 38.0 Å². The van der Waals surface area contributed by atoms with Gasteiger partial charge in [-0.2, -0.15) is 11.8 Å². The van der Waals surface area contributed by atoms with Gasteiger partial charge in [0.05, 0.1) is 0 Å². The van der Waals surface area contributed by atoms with Crippen molar-refractivity contribution in [3.63, 3.8) is 0 Å². The summed E-state index contributed by atoms with van der Waals surface area (Å²) in [5.74, 6) is 2.62. The maximum absolute atomic E-state index is 6.06. The second-order valence-electron chi connectivity index (χ2n) is 5.34. The van der Waals surface area contributed by atoms with Gasteiger partial charge in [-0.25, -0.2) is 4.98 Å². The smallest absolute Gasteiger partial charge is 0.218 e. The zero-order valence-corrected chi connectivity index (χ0v) is 17.0. The summed E-state index contributed by atoms with van der Waals surface area (Å²) in [6.45, 7) is 1.56. The van der Waals surface area contributed by atoms with Crippen LogP contribution >= 0.6 is 35.7 Å². The molecule has 23 heavy (non-hydrogen) atoms. The highest BCUT2D eigenvalue weighted by Gasteiger charge is 2.18. The lowest BCUT2D eigenvalue weighted by atomic mass is 10.2. The Morgan fingerprint density at radius 1 is 1.39 bits per heavy atom. The molecule has 0 aromatic carbocycles. The average Bonchev–Trinajstić information content (AvgIpc) is 3.05. The van der Waals surface area contributed by atoms with E-state index in [-0.39, 0.29) is 24.0 Å². The minimum absolute atomic E-state index is 0. The third-order valence-electron chi connectivity index (χ3n) is 3.70. The average molecular weight is 450 g/mol. The number of guanidine groups is 1. The van der Waals surface area contributed by atoms with E-state index in [1.54, 1.807) is 13.2 Å². The third-order valence-corrected chi connectivity index (χ3v) is 4.31. The van der Waals surface area contributed by atoms with Crippen molar-refractivity contribution in [3.05, 3.63) is 23.9 Å². The fourth-order valence-corrected chi connectivity index (χ4v) is 2.81. The van der Waals surface area contributed by atoms with Crippen LogP contribution in [0.15, 0.2) is 23.3 Å². The van der Waals surface area contributed by atoms with Crippen molar-refractivity contribution in [2.45, 2.75) is 38.3 Å². The summed E-state index contributed by atoms with van der Waals surface area (Å²) in [5, 5.41) is 6.61. The minimum atomic E-state index is 0. The summed E-state index contributed by atoms with van der Waals surface area (Å²) in [6, 6.07) is 4.00. The lowest BCUT2D eigenvalue weighted by Crippen LogP contribution is -2.38. The van der Waals surface area contributed by atoms with Crippen molar-refractivity contribution >= 4 is 41.7 Å². The maximum atomic E-state index is 6.06. The summed E-state index contributed by atoms with van der Waals surface area (Å²) in [7, 11) is 1.79. The second-order valence-corrected chi connectivity index (χ2v) is 6.32. The zero-order chi connectivity index (χ0) is 15.6. The molecule has 1 fully saturated rings. The molecule has 1 aromatic heterocycles. The molecule has 0 saturated heterocycles. The summed E-state index contributed by atoms with van der Waals surface area (Å²) in [4.78, 5) is 8.63. The number of hydrogen-bond donors (Lipinski definition) is 2. The van der Waals surface area contributed by atoms with Crippen LogP contribution in [0.2, 0.25) is 0 Å². The first-order chi connectivity index (χ1) is 10.8. The van der Waals surface area contributed by atoms with E-state index in [1.807, 2.05) is 17.8 Å². The first kappa shape index (κ1) is 20.3. The largest absolute Gasteiger partial charge is 0.474 e. The first-order valence-electron chi connectivity index (χ1n) is 7.87. The van der Waals surface area contributed by atoms with E-state index in [4.69, 9.17) is 4.74 Å². The monoisotopic (exact) mass is 450 g/mol. The van der Waals surface area contributed by atoms with E-state index in [1.165, 1.54) is 12.8 Å². The van der Waals surface area contributed by atoms with E-state index < -0.39 is 0 Å². The molecule has 7 heteroatoms. The Morgan fingerprint density at radius 3 is 2.87 bits per heavy atom. The molecule has 1 aliphatic carbocycles. The number of pyridine rings is 1. The van der Waals surface area contributed by atoms with Gasteiger partial charge in [0.25, 0.3) is 0 Å². The van der Waals surface area contributed by atoms with Crippen molar-refractivity contribution in [1.29, 1.82) is 0 Å². The molecular weight excluding hydrogens is 423 g/mol. The van der Waals surface area contributed by atoms with Crippen molar-refractivity contribution in [3.8, 4) is 5.88 Å². The highest BCUT2D eigenvalue weighted by atomic mass is 127. The number of nitrogens with zero attached hydrogens (tertiary/aromatic N) is 2. The van der Waals surface area contributed by atoms with Gasteiger partial charge in [-0.15, -0.1) is 24.0 Å². The highest BCUT2D eigenvalue weighted by Crippen LogP contribution is 2.24. The van der Waals surface area contributed by atoms with Crippen LogP contribution in [0.1, 0.15) is 31.2 Å². The summed E-state index contributed by atoms with van der Waals surface area (Å²) < 4.78 is 6.06. The van der Waals surface area contributed by atoms with E-state index in [0.29, 0.717) is 12.6 Å². The Morgan fingerprint density at radius 2 is 2.17 bits per heavy atom. The predicted octanol–water partition coefficient (Wildman–Crippen LogP) is 3.05. The number of rotatable bonds is 7. The van der Waals surface area contributed by atoms with Crippen LogP contribution in [0.3, 0.4) is 0 Å². The van der Waals surface area contributed by atoms with E-state index in [0.717, 1.165) is 42.5 Å². The molecule has 0 amide bonds. The number of halogens is 1. The summed E-state index contributed by atoms with van der Waals surface area (Å²) in [5.41, 5.74) is 1.07. The van der Waals surface area contributed by atoms with Crippen molar-refractivity contribution in [1.82, 2.24) is 15.6 Å². The summed E-state index contributed by atoms with van der Waals surface area (Å²) >= 11 is 1.81. The fourth-order valence-electron chi connectivity index (χ4n) is 2.50. The number of ether oxygens (including phenoxy) is 1. The number of hydrogen-bond acceptors (Lipinski definition) is 4. The number of thioether (sulfide) groups is 1. The molecule has 0 bridgehead atoms. The van der Waals surface area contributed by atoms with E-state index in [2.05, 4.69) is 32.9 Å². The van der Waals surface area contributed by atoms with Crippen LogP contribution in [-0.4, -0.2) is 42.6 Å². The Bertz CT molecular complexity index is 481. The predicted molar refractivity (Wildman–Crippen MR) is 109 cm³/mol. The number of aromatic nitrogens is 1. The van der Waals surface area contributed by atoms with Crippen LogP contribution in [-0.2, 0) is 6.54 Å². The van der Waals surface area contributed by atoms with Gasteiger partial charge < -0.3 is 15.4 Å². The molecule has 0 radical (unpaired) electrons. The SMILES string of the molecule is CN=C(NCCSC)NCc1cccnc1OC1CCCC1.I. The third kappa shape index (κ3) is 7.15. The Balaban J connectivity index is 0.00000264. The lowest BCUT2D eigenvalue weighted by molar-refractivity contribution is 0.199. The van der Waals surface area contributed by atoms with Crippen molar-refractivity contribution in [2.75, 3.05) is 25.6 Å². The van der Waals surface area contributed by atoms with Gasteiger partial charge in [-0.3, -0.25) is 4.99 Å². The first-order valence-corrected chi connectivity index (χ1v) is 9.27. The van der Waals surface area contributed by atoms with Crippen LogP contribution < -0.4 is 15.4 Å². The van der Waals surface area contributed by atoms with Crippen LogP contribution in [0, 0.1) is 0 Å². The fraction of sp³-hybridized carbons (Fsp3) is 0.625. The molecule has 130 valence electrons. The zero-order valence-electron chi connectivity index (χ0n) is 13.9. The van der Waals surface area contributed by atoms with Crippen LogP contribution in [0.4, 0.5) is 0 Å². The van der Waals surface area contributed by atoms with Crippen LogP contribution in [0.5, 0.6) is 5.88 Å². The summed E-state index contributed by atoms with van der Waals surface area (Å²) in [6.07, 6.45) is 9.02. The van der Waals surface area contributed by atoms with Gasteiger partial charge in [-0.1, -0.05) is 6.07 Å². The Kier molecular flexibility index (Phi) is 10.4. The van der Waals surface area contributed by atoms with Crippen LogP contribution in [0.25, 0.3) is 0 Å². The Labute approximate surface area is 160 Å². The molecule has 1 aromatic rings. The molecule has 1 aliphatic rings.